The molecule has 1 aliphatic rings. The molecular weight excluding hydrogens is 254 g/mol. The van der Waals surface area contributed by atoms with Gasteiger partial charge in [-0.25, -0.2) is 0 Å². The first-order valence-corrected chi connectivity index (χ1v) is 6.79. The number of rotatable bonds is 3. The minimum Gasteiger partial charge on any atom is -0.371 e. The first-order valence-electron chi connectivity index (χ1n) is 6.79. The Labute approximate surface area is 118 Å². The number of nitrogens with one attached hydrogen (secondary N) is 1. The number of ether oxygens (including phenoxy) is 1. The molecule has 20 heavy (non-hydrogen) atoms. The van der Waals surface area contributed by atoms with Crippen LogP contribution in [0.2, 0.25) is 0 Å². The maximum Gasteiger partial charge on any atom is 0.244 e. The molecule has 1 aromatic heterocycles. The van der Waals surface area contributed by atoms with Gasteiger partial charge < -0.3 is 14.6 Å². The number of aromatic nitrogens is 2. The molecule has 5 nitrogen and oxygen atoms in total. The van der Waals surface area contributed by atoms with Gasteiger partial charge in [-0.1, -0.05) is 29.4 Å². The van der Waals surface area contributed by atoms with Crippen LogP contribution in [-0.4, -0.2) is 17.3 Å². The van der Waals surface area contributed by atoms with E-state index in [4.69, 9.17) is 9.26 Å². The Balaban J connectivity index is 1.82. The lowest BCUT2D eigenvalue weighted by atomic mass is 9.96. The molecule has 5 heteroatoms. The molecule has 0 amide bonds. The fourth-order valence-corrected chi connectivity index (χ4v) is 2.34. The van der Waals surface area contributed by atoms with Crippen LogP contribution >= 0.6 is 0 Å². The molecule has 1 aliphatic heterocycles. The highest BCUT2D eigenvalue weighted by molar-refractivity contribution is 5.30. The van der Waals surface area contributed by atoms with Crippen LogP contribution in [0.15, 0.2) is 28.8 Å². The van der Waals surface area contributed by atoms with Crippen molar-refractivity contribution in [1.82, 2.24) is 15.5 Å². The second kappa shape index (κ2) is 5.00. The van der Waals surface area contributed by atoms with Gasteiger partial charge in [-0.2, -0.15) is 4.98 Å². The quantitative estimate of drug-likeness (QED) is 0.930. The van der Waals surface area contributed by atoms with Gasteiger partial charge in [0, 0.05) is 13.7 Å². The molecule has 0 aliphatic carbocycles. The molecule has 1 N–H and O–H groups in total. The molecule has 106 valence electrons. The second-order valence-electron chi connectivity index (χ2n) is 5.58. The molecule has 2 heterocycles. The Bertz CT molecular complexity index is 607. The monoisotopic (exact) mass is 273 g/mol. The molecule has 3 rings (SSSR count). The van der Waals surface area contributed by atoms with Crippen LogP contribution in [0.1, 0.15) is 42.7 Å². The summed E-state index contributed by atoms with van der Waals surface area (Å²) in [4.78, 5) is 4.48. The van der Waals surface area contributed by atoms with E-state index in [1.807, 2.05) is 13.8 Å². The van der Waals surface area contributed by atoms with Crippen molar-refractivity contribution < 1.29 is 9.26 Å². The van der Waals surface area contributed by atoms with Gasteiger partial charge in [-0.05, 0) is 31.4 Å². The fourth-order valence-electron chi connectivity index (χ4n) is 2.34. The van der Waals surface area contributed by atoms with Crippen LogP contribution in [0, 0.1) is 0 Å². The van der Waals surface area contributed by atoms with Crippen LogP contribution in [0.25, 0.3) is 0 Å². The van der Waals surface area contributed by atoms with Crippen LogP contribution < -0.4 is 5.32 Å². The third-order valence-electron chi connectivity index (χ3n) is 3.87. The highest BCUT2D eigenvalue weighted by atomic mass is 16.5. The number of benzene rings is 1. The molecule has 1 unspecified atom stereocenters. The topological polar surface area (TPSA) is 60.2 Å². The Hall–Kier alpha value is -1.72. The van der Waals surface area contributed by atoms with Gasteiger partial charge in [0.15, 0.2) is 0 Å². The van der Waals surface area contributed by atoms with Crippen LogP contribution in [0.3, 0.4) is 0 Å². The standard InChI is InChI=1S/C15H19N3O2/c1-15(2,19-3)14-17-13(20-18-14)12-8-10-6-4-5-7-11(10)9-16-12/h4-7,12,16H,8-9H2,1-3H3. The van der Waals surface area contributed by atoms with Crippen LogP contribution in [-0.2, 0) is 23.3 Å². The molecule has 1 aromatic carbocycles. The van der Waals surface area contributed by atoms with Crippen LogP contribution in [0.4, 0.5) is 0 Å². The minimum absolute atomic E-state index is 0.0683. The Morgan fingerprint density at radius 2 is 2.05 bits per heavy atom. The molecule has 0 saturated carbocycles. The zero-order chi connectivity index (χ0) is 14.2. The highest BCUT2D eigenvalue weighted by Crippen LogP contribution is 2.27. The van der Waals surface area contributed by atoms with E-state index in [2.05, 4.69) is 39.7 Å². The first-order chi connectivity index (χ1) is 9.60. The summed E-state index contributed by atoms with van der Waals surface area (Å²) in [6, 6.07) is 8.49. The van der Waals surface area contributed by atoms with Crippen molar-refractivity contribution in [3.63, 3.8) is 0 Å². The van der Waals surface area contributed by atoms with Gasteiger partial charge in [0.25, 0.3) is 0 Å². The number of fused-ring (bicyclic) bond motifs is 1. The summed E-state index contributed by atoms with van der Waals surface area (Å²) in [5.41, 5.74) is 2.14. The Kier molecular flexibility index (Phi) is 3.31. The normalized spacial score (nSPS) is 18.9. The van der Waals surface area contributed by atoms with Crippen molar-refractivity contribution in [1.29, 1.82) is 0 Å². The molecule has 2 aromatic rings. The average molecular weight is 273 g/mol. The predicted octanol–water partition coefficient (Wildman–Crippen LogP) is 2.34. The van der Waals surface area contributed by atoms with Gasteiger partial charge in [0.05, 0.1) is 6.04 Å². The van der Waals surface area contributed by atoms with Crippen molar-refractivity contribution in [2.24, 2.45) is 0 Å². The smallest absolute Gasteiger partial charge is 0.244 e. The lowest BCUT2D eigenvalue weighted by molar-refractivity contribution is 0.00973. The van der Waals surface area contributed by atoms with E-state index in [-0.39, 0.29) is 6.04 Å². The summed E-state index contributed by atoms with van der Waals surface area (Å²) < 4.78 is 10.8. The maximum atomic E-state index is 5.40. The van der Waals surface area contributed by atoms with Crippen molar-refractivity contribution in [2.45, 2.75) is 38.5 Å². The zero-order valence-corrected chi connectivity index (χ0v) is 12.0. The average Bonchev–Trinajstić information content (AvgIpc) is 2.97. The van der Waals surface area contributed by atoms with Crippen molar-refractivity contribution in [3.05, 3.63) is 47.1 Å². The SMILES string of the molecule is COC(C)(C)c1noc(C2Cc3ccccc3CN2)n1. The number of methoxy groups -OCH3 is 1. The van der Waals surface area contributed by atoms with E-state index in [1.54, 1.807) is 7.11 Å². The molecule has 0 saturated heterocycles. The molecule has 0 radical (unpaired) electrons. The van der Waals surface area contributed by atoms with Crippen LogP contribution in [0.5, 0.6) is 0 Å². The minimum atomic E-state index is -0.533. The van der Waals surface area contributed by atoms with E-state index in [0.29, 0.717) is 11.7 Å². The number of hydrogen-bond acceptors (Lipinski definition) is 5. The van der Waals surface area contributed by atoms with Gasteiger partial charge >= 0.3 is 0 Å². The lowest BCUT2D eigenvalue weighted by Crippen LogP contribution is -2.29. The molecule has 0 spiro atoms. The van der Waals surface area contributed by atoms with E-state index in [9.17, 15) is 0 Å². The van der Waals surface area contributed by atoms with Crippen molar-refractivity contribution in [2.75, 3.05) is 7.11 Å². The third-order valence-corrected chi connectivity index (χ3v) is 3.87. The van der Waals surface area contributed by atoms with Gasteiger partial charge in [-0.3, -0.25) is 0 Å². The predicted molar refractivity (Wildman–Crippen MR) is 74.1 cm³/mol. The summed E-state index contributed by atoms with van der Waals surface area (Å²) >= 11 is 0. The zero-order valence-electron chi connectivity index (χ0n) is 12.0. The summed E-state index contributed by atoms with van der Waals surface area (Å²) in [5, 5.41) is 7.48. The van der Waals surface area contributed by atoms with E-state index in [1.165, 1.54) is 11.1 Å². The van der Waals surface area contributed by atoms with Gasteiger partial charge in [-0.15, -0.1) is 0 Å². The highest BCUT2D eigenvalue weighted by Gasteiger charge is 2.29. The van der Waals surface area contributed by atoms with E-state index >= 15 is 0 Å². The number of nitrogens with zero attached hydrogens (tertiary/aromatic N) is 2. The van der Waals surface area contributed by atoms with E-state index < -0.39 is 5.60 Å². The second-order valence-corrected chi connectivity index (χ2v) is 5.58. The van der Waals surface area contributed by atoms with Crippen molar-refractivity contribution >= 4 is 0 Å². The summed E-state index contributed by atoms with van der Waals surface area (Å²) in [6.45, 7) is 4.67. The third kappa shape index (κ3) is 2.34. The summed E-state index contributed by atoms with van der Waals surface area (Å²) in [7, 11) is 1.64. The molecular formula is C15H19N3O2. The summed E-state index contributed by atoms with van der Waals surface area (Å²) in [5.74, 6) is 1.20. The van der Waals surface area contributed by atoms with E-state index in [0.717, 1.165) is 13.0 Å². The lowest BCUT2D eigenvalue weighted by Gasteiger charge is -2.23. The Morgan fingerprint density at radius 1 is 1.30 bits per heavy atom. The van der Waals surface area contributed by atoms with Gasteiger partial charge in [0.1, 0.15) is 5.60 Å². The van der Waals surface area contributed by atoms with Crippen molar-refractivity contribution in [3.8, 4) is 0 Å². The molecule has 0 fully saturated rings. The van der Waals surface area contributed by atoms with Gasteiger partial charge in [0.2, 0.25) is 11.7 Å². The largest absolute Gasteiger partial charge is 0.371 e. The Morgan fingerprint density at radius 3 is 2.80 bits per heavy atom. The molecule has 1 atom stereocenters. The maximum absolute atomic E-state index is 5.40. The fraction of sp³-hybridized carbons (Fsp3) is 0.467. The molecule has 0 bridgehead atoms. The first kappa shape index (κ1) is 13.3. The number of hydrogen-bond donors (Lipinski definition) is 1. The summed E-state index contributed by atoms with van der Waals surface area (Å²) in [6.07, 6.45) is 0.866.